The van der Waals surface area contributed by atoms with Gasteiger partial charge in [-0.1, -0.05) is 44.2 Å². The number of rotatable bonds is 11. The lowest BCUT2D eigenvalue weighted by molar-refractivity contribution is -0.0249. The second kappa shape index (κ2) is 10.9. The van der Waals surface area contributed by atoms with Crippen LogP contribution in [0.25, 0.3) is 0 Å². The van der Waals surface area contributed by atoms with Gasteiger partial charge in [0.1, 0.15) is 5.60 Å². The van der Waals surface area contributed by atoms with Gasteiger partial charge in [-0.05, 0) is 30.0 Å². The van der Waals surface area contributed by atoms with Gasteiger partial charge in [0.25, 0.3) is 0 Å². The number of esters is 1. The average molecular weight is 403 g/mol. The van der Waals surface area contributed by atoms with Crippen molar-refractivity contribution in [1.82, 2.24) is 4.98 Å². The number of carbonyl (C=O) groups is 1. The van der Waals surface area contributed by atoms with E-state index >= 15 is 0 Å². The maximum Gasteiger partial charge on any atom is 0.357 e. The quantitative estimate of drug-likeness (QED) is 0.557. The molecule has 1 aromatic heterocycles. The molecule has 0 spiro atoms. The molecule has 1 atom stereocenters. The Morgan fingerprint density at radius 3 is 2.48 bits per heavy atom. The summed E-state index contributed by atoms with van der Waals surface area (Å²) in [6.45, 7) is 3.82. The summed E-state index contributed by atoms with van der Waals surface area (Å²) in [5, 5.41) is 20.8. The minimum Gasteiger partial charge on any atom is -0.481 e. The van der Waals surface area contributed by atoms with Gasteiger partial charge in [-0.25, -0.2) is 9.78 Å². The van der Waals surface area contributed by atoms with Crippen LogP contribution in [0, 0.1) is 0 Å². The Morgan fingerprint density at radius 2 is 1.90 bits per heavy atom. The predicted molar refractivity (Wildman–Crippen MR) is 108 cm³/mol. The summed E-state index contributed by atoms with van der Waals surface area (Å²) < 4.78 is 16.3. The van der Waals surface area contributed by atoms with Crippen molar-refractivity contribution >= 4 is 5.97 Å². The smallest absolute Gasteiger partial charge is 0.357 e. The second-order valence-electron chi connectivity index (χ2n) is 6.70. The Kier molecular flexibility index (Phi) is 8.57. The number of nitrogens with zero attached hydrogens (tertiary/aromatic N) is 1. The highest BCUT2D eigenvalue weighted by molar-refractivity contribution is 5.88. The summed E-state index contributed by atoms with van der Waals surface area (Å²) >= 11 is 0. The highest BCUT2D eigenvalue weighted by Gasteiger charge is 2.33. The van der Waals surface area contributed by atoms with Crippen molar-refractivity contribution < 1.29 is 29.2 Å². The van der Waals surface area contributed by atoms with E-state index in [4.69, 9.17) is 14.2 Å². The van der Waals surface area contributed by atoms with E-state index in [1.807, 2.05) is 37.3 Å². The molecule has 29 heavy (non-hydrogen) atoms. The highest BCUT2D eigenvalue weighted by Crippen LogP contribution is 2.33. The Labute approximate surface area is 171 Å². The van der Waals surface area contributed by atoms with Crippen molar-refractivity contribution in [3.8, 4) is 5.88 Å². The van der Waals surface area contributed by atoms with Gasteiger partial charge in [-0.15, -0.1) is 0 Å². The van der Waals surface area contributed by atoms with Crippen LogP contribution in [0.4, 0.5) is 0 Å². The van der Waals surface area contributed by atoms with Gasteiger partial charge in [-0.3, -0.25) is 0 Å². The number of aliphatic hydroxyl groups is 2. The molecule has 0 unspecified atom stereocenters. The summed E-state index contributed by atoms with van der Waals surface area (Å²) in [6.07, 6.45) is 0.905. The van der Waals surface area contributed by atoms with Crippen LogP contribution >= 0.6 is 0 Å². The lowest BCUT2D eigenvalue weighted by atomic mass is 9.88. The minimum atomic E-state index is -1.57. The van der Waals surface area contributed by atoms with Crippen LogP contribution in [-0.4, -0.2) is 41.5 Å². The number of ether oxygens (including phenoxy) is 3. The zero-order chi connectivity index (χ0) is 21.3. The van der Waals surface area contributed by atoms with Gasteiger partial charge in [0.15, 0.2) is 5.69 Å². The van der Waals surface area contributed by atoms with E-state index in [2.05, 4.69) is 4.98 Å². The number of methoxy groups -OCH3 is 1. The fourth-order valence-electron chi connectivity index (χ4n) is 2.88. The molecule has 1 heterocycles. The number of hydrogen-bond acceptors (Lipinski definition) is 7. The van der Waals surface area contributed by atoms with Crippen LogP contribution in [0.3, 0.4) is 0 Å². The largest absolute Gasteiger partial charge is 0.481 e. The zero-order valence-electron chi connectivity index (χ0n) is 17.2. The average Bonchev–Trinajstić information content (AvgIpc) is 2.77. The molecule has 0 amide bonds. The number of aliphatic hydroxyl groups excluding tert-OH is 1. The van der Waals surface area contributed by atoms with Gasteiger partial charge in [0.05, 0.1) is 33.5 Å². The Bertz CT molecular complexity index is 789. The first-order valence-electron chi connectivity index (χ1n) is 9.69. The summed E-state index contributed by atoms with van der Waals surface area (Å²) in [7, 11) is 1.43. The second-order valence-corrected chi connectivity index (χ2v) is 6.70. The maximum absolute atomic E-state index is 12.3. The summed E-state index contributed by atoms with van der Waals surface area (Å²) in [4.78, 5) is 16.6. The topological polar surface area (TPSA) is 98.1 Å². The van der Waals surface area contributed by atoms with E-state index in [1.165, 1.54) is 13.2 Å². The normalized spacial score (nSPS) is 13.0. The first kappa shape index (κ1) is 22.8. The van der Waals surface area contributed by atoms with Crippen LogP contribution in [0.5, 0.6) is 5.88 Å². The summed E-state index contributed by atoms with van der Waals surface area (Å²) in [5.74, 6) is -0.459. The third kappa shape index (κ3) is 5.76. The van der Waals surface area contributed by atoms with Crippen molar-refractivity contribution in [3.63, 3.8) is 0 Å². The van der Waals surface area contributed by atoms with Crippen LogP contribution in [0.1, 0.15) is 53.9 Å². The fourth-order valence-corrected chi connectivity index (χ4v) is 2.88. The molecule has 2 aromatic rings. The van der Waals surface area contributed by atoms with E-state index in [0.29, 0.717) is 24.2 Å². The van der Waals surface area contributed by atoms with Gasteiger partial charge in [0.2, 0.25) is 5.88 Å². The van der Waals surface area contributed by atoms with Gasteiger partial charge < -0.3 is 24.4 Å². The van der Waals surface area contributed by atoms with E-state index in [-0.39, 0.29) is 31.2 Å². The number of carbonyl (C=O) groups excluding carboxylic acids is 1. The number of pyridine rings is 1. The molecule has 7 heteroatoms. The monoisotopic (exact) mass is 403 g/mol. The lowest BCUT2D eigenvalue weighted by Crippen LogP contribution is -2.32. The fraction of sp³-hybridized carbons (Fsp3) is 0.455. The molecule has 0 aliphatic rings. The molecule has 158 valence electrons. The molecule has 1 aromatic carbocycles. The first-order valence-corrected chi connectivity index (χ1v) is 9.69. The predicted octanol–water partition coefficient (Wildman–Crippen LogP) is 2.96. The van der Waals surface area contributed by atoms with E-state index in [1.54, 1.807) is 6.92 Å². The highest BCUT2D eigenvalue weighted by atomic mass is 16.5. The SMILES string of the molecule is CCCOC(=O)c1cc([C@@](O)(CC)CO)c(COCc2ccccc2)c(OC)n1. The lowest BCUT2D eigenvalue weighted by Gasteiger charge is -2.28. The Morgan fingerprint density at radius 1 is 1.17 bits per heavy atom. The molecule has 2 N–H and O–H groups in total. The van der Waals surface area contributed by atoms with Crippen LogP contribution in [0.2, 0.25) is 0 Å². The van der Waals surface area contributed by atoms with E-state index in [0.717, 1.165) is 5.56 Å². The maximum atomic E-state index is 12.3. The van der Waals surface area contributed by atoms with Crippen molar-refractivity contribution in [2.24, 2.45) is 0 Å². The molecule has 0 bridgehead atoms. The third-order valence-electron chi connectivity index (χ3n) is 4.63. The summed E-state index contributed by atoms with van der Waals surface area (Å²) in [5.41, 5.74) is 0.257. The van der Waals surface area contributed by atoms with Crippen molar-refractivity contribution in [2.45, 2.75) is 45.5 Å². The van der Waals surface area contributed by atoms with Crippen molar-refractivity contribution in [2.75, 3.05) is 20.3 Å². The Balaban J connectivity index is 2.39. The molecule has 0 saturated heterocycles. The molecular formula is C22H29NO6. The molecule has 0 radical (unpaired) electrons. The van der Waals surface area contributed by atoms with Gasteiger partial charge in [0, 0.05) is 5.56 Å². The number of aromatic nitrogens is 1. The van der Waals surface area contributed by atoms with Crippen LogP contribution in [-0.2, 0) is 28.3 Å². The first-order chi connectivity index (χ1) is 14.0. The molecule has 0 fully saturated rings. The van der Waals surface area contributed by atoms with E-state index in [9.17, 15) is 15.0 Å². The number of hydrogen-bond donors (Lipinski definition) is 2. The minimum absolute atomic E-state index is 0.0115. The molecule has 7 nitrogen and oxygen atoms in total. The summed E-state index contributed by atoms with van der Waals surface area (Å²) in [6, 6.07) is 11.1. The third-order valence-corrected chi connectivity index (χ3v) is 4.63. The zero-order valence-corrected chi connectivity index (χ0v) is 17.2. The Hall–Kier alpha value is -2.48. The van der Waals surface area contributed by atoms with Crippen molar-refractivity contribution in [1.29, 1.82) is 0 Å². The van der Waals surface area contributed by atoms with Gasteiger partial charge in [-0.2, -0.15) is 0 Å². The van der Waals surface area contributed by atoms with Crippen molar-refractivity contribution in [3.05, 3.63) is 58.8 Å². The van der Waals surface area contributed by atoms with E-state index < -0.39 is 18.2 Å². The molecule has 0 aliphatic heterocycles. The molecule has 0 aliphatic carbocycles. The molecule has 2 rings (SSSR count). The number of benzene rings is 1. The molecular weight excluding hydrogens is 374 g/mol. The van der Waals surface area contributed by atoms with Crippen LogP contribution in [0.15, 0.2) is 36.4 Å². The van der Waals surface area contributed by atoms with Gasteiger partial charge >= 0.3 is 5.97 Å². The van der Waals surface area contributed by atoms with Crippen LogP contribution < -0.4 is 4.74 Å². The molecule has 0 saturated carbocycles. The standard InChI is InChI=1S/C22H29NO6/c1-4-11-29-21(25)19-12-18(22(26,5-2)15-24)17(20(23-19)27-3)14-28-13-16-9-7-6-8-10-16/h6-10,12,24,26H,4-5,11,13-15H2,1-3H3/t22-/m1/s1.